The molecule has 6 heteroatoms. The minimum Gasteiger partial charge on any atom is -0.481 e. The van der Waals surface area contributed by atoms with E-state index in [4.69, 9.17) is 0 Å². The Bertz CT molecular complexity index is 859. The summed E-state index contributed by atoms with van der Waals surface area (Å²) in [4.78, 5) is 26.9. The second-order valence-corrected chi connectivity index (χ2v) is 7.50. The van der Waals surface area contributed by atoms with Gasteiger partial charge in [-0.15, -0.1) is 0 Å². The van der Waals surface area contributed by atoms with Crippen LogP contribution in [0.2, 0.25) is 0 Å². The van der Waals surface area contributed by atoms with E-state index >= 15 is 0 Å². The van der Waals surface area contributed by atoms with Crippen LogP contribution in [0, 0.1) is 19.3 Å². The van der Waals surface area contributed by atoms with Gasteiger partial charge in [0.25, 0.3) is 5.91 Å². The summed E-state index contributed by atoms with van der Waals surface area (Å²) in [5.74, 6) is -1.25. The maximum atomic E-state index is 13.1. The molecular formula is C21H26N2O4. The second-order valence-electron chi connectivity index (χ2n) is 7.50. The summed E-state index contributed by atoms with van der Waals surface area (Å²) in [5.41, 5.74) is 1.84. The van der Waals surface area contributed by atoms with Crippen molar-refractivity contribution in [1.82, 2.24) is 9.47 Å². The van der Waals surface area contributed by atoms with Crippen LogP contribution in [-0.4, -0.2) is 50.8 Å². The number of carbonyl (C=O) groups excluding carboxylic acids is 1. The Morgan fingerprint density at radius 1 is 1.22 bits per heavy atom. The first-order valence-electron chi connectivity index (χ1n) is 9.14. The van der Waals surface area contributed by atoms with Crippen molar-refractivity contribution in [2.75, 3.05) is 13.1 Å². The standard InChI is InChI=1S/C21H26N2O4/c1-14-11-17(15(2)22(14)3)19(25)23-10-9-18(24)21(13-23,20(26)27)12-16-7-5-4-6-8-16/h4-8,11,18,24H,9-10,12-13H2,1-3H3,(H,26,27)/t18-,21-/m1/s1. The summed E-state index contributed by atoms with van der Waals surface area (Å²) in [6.45, 7) is 4.15. The number of amides is 1. The number of aliphatic carboxylic acids is 1. The first kappa shape index (κ1) is 19.2. The molecule has 1 fully saturated rings. The molecule has 1 aromatic carbocycles. The zero-order valence-electron chi connectivity index (χ0n) is 16.0. The number of piperidine rings is 1. The number of carboxylic acid groups (broad SMARTS) is 1. The summed E-state index contributed by atoms with van der Waals surface area (Å²) in [6, 6.07) is 11.1. The van der Waals surface area contributed by atoms with Gasteiger partial charge in [-0.2, -0.15) is 0 Å². The molecule has 0 unspecified atom stereocenters. The molecule has 2 heterocycles. The lowest BCUT2D eigenvalue weighted by Gasteiger charge is -2.43. The van der Waals surface area contributed by atoms with Gasteiger partial charge in [0, 0.05) is 31.5 Å². The molecule has 1 aliphatic heterocycles. The molecule has 3 rings (SSSR count). The molecule has 144 valence electrons. The van der Waals surface area contributed by atoms with E-state index in [-0.39, 0.29) is 25.3 Å². The highest BCUT2D eigenvalue weighted by Crippen LogP contribution is 2.35. The number of carboxylic acids is 1. The quantitative estimate of drug-likeness (QED) is 0.864. The number of aryl methyl sites for hydroxylation is 1. The van der Waals surface area contributed by atoms with Gasteiger partial charge < -0.3 is 19.7 Å². The summed E-state index contributed by atoms with van der Waals surface area (Å²) in [5, 5.41) is 20.6. The van der Waals surface area contributed by atoms with E-state index < -0.39 is 17.5 Å². The third-order valence-corrected chi connectivity index (χ3v) is 5.86. The number of carbonyl (C=O) groups is 2. The van der Waals surface area contributed by atoms with Gasteiger partial charge in [0.15, 0.2) is 0 Å². The highest BCUT2D eigenvalue weighted by molar-refractivity contribution is 5.96. The molecule has 2 N–H and O–H groups in total. The maximum absolute atomic E-state index is 13.1. The van der Waals surface area contributed by atoms with Crippen molar-refractivity contribution in [2.24, 2.45) is 12.5 Å². The van der Waals surface area contributed by atoms with Crippen molar-refractivity contribution < 1.29 is 19.8 Å². The number of hydrogen-bond acceptors (Lipinski definition) is 3. The number of aliphatic hydroxyl groups is 1. The summed E-state index contributed by atoms with van der Waals surface area (Å²) in [7, 11) is 1.90. The smallest absolute Gasteiger partial charge is 0.314 e. The second kappa shape index (κ2) is 7.19. The summed E-state index contributed by atoms with van der Waals surface area (Å²) >= 11 is 0. The van der Waals surface area contributed by atoms with Crippen LogP contribution in [0.15, 0.2) is 36.4 Å². The minimum absolute atomic E-state index is 0.00932. The minimum atomic E-state index is -1.41. The fourth-order valence-corrected chi connectivity index (χ4v) is 3.91. The van der Waals surface area contributed by atoms with E-state index in [2.05, 4.69) is 0 Å². The Morgan fingerprint density at radius 3 is 2.44 bits per heavy atom. The molecule has 0 saturated carbocycles. The number of likely N-dealkylation sites (tertiary alicyclic amines) is 1. The largest absolute Gasteiger partial charge is 0.481 e. The third kappa shape index (κ3) is 3.37. The lowest BCUT2D eigenvalue weighted by Crippen LogP contribution is -2.58. The molecule has 0 spiro atoms. The van der Waals surface area contributed by atoms with E-state index in [9.17, 15) is 19.8 Å². The molecule has 0 bridgehead atoms. The highest BCUT2D eigenvalue weighted by atomic mass is 16.4. The molecule has 2 atom stereocenters. The van der Waals surface area contributed by atoms with Crippen LogP contribution in [0.3, 0.4) is 0 Å². The average molecular weight is 370 g/mol. The Balaban J connectivity index is 1.92. The number of aliphatic hydroxyl groups excluding tert-OH is 1. The third-order valence-electron chi connectivity index (χ3n) is 5.86. The molecule has 2 aromatic rings. The molecule has 27 heavy (non-hydrogen) atoms. The van der Waals surface area contributed by atoms with Gasteiger partial charge in [-0.05, 0) is 38.3 Å². The normalized spacial score (nSPS) is 22.7. The van der Waals surface area contributed by atoms with Crippen LogP contribution < -0.4 is 0 Å². The molecule has 1 aliphatic rings. The number of benzene rings is 1. The van der Waals surface area contributed by atoms with Crippen molar-refractivity contribution in [1.29, 1.82) is 0 Å². The van der Waals surface area contributed by atoms with Crippen molar-refractivity contribution in [3.8, 4) is 0 Å². The van der Waals surface area contributed by atoms with Gasteiger partial charge in [-0.25, -0.2) is 0 Å². The van der Waals surface area contributed by atoms with Crippen LogP contribution in [0.4, 0.5) is 0 Å². The number of nitrogens with zero attached hydrogens (tertiary/aromatic N) is 2. The molecule has 6 nitrogen and oxygen atoms in total. The SMILES string of the molecule is Cc1cc(C(=O)N2CC[C@@H](O)[C@](Cc3ccccc3)(C(=O)O)C2)c(C)n1C. The predicted molar refractivity (Wildman–Crippen MR) is 102 cm³/mol. The molecule has 1 aromatic heterocycles. The van der Waals surface area contributed by atoms with Gasteiger partial charge >= 0.3 is 5.97 Å². The monoisotopic (exact) mass is 370 g/mol. The lowest BCUT2D eigenvalue weighted by molar-refractivity contribution is -0.161. The van der Waals surface area contributed by atoms with Gasteiger partial charge in [0.05, 0.1) is 11.7 Å². The summed E-state index contributed by atoms with van der Waals surface area (Å²) in [6.07, 6.45) is -0.575. The van der Waals surface area contributed by atoms with Crippen LogP contribution in [0.25, 0.3) is 0 Å². The Morgan fingerprint density at radius 2 is 1.89 bits per heavy atom. The van der Waals surface area contributed by atoms with Gasteiger partial charge in [0.2, 0.25) is 0 Å². The predicted octanol–water partition coefficient (Wildman–Crippen LogP) is 2.16. The zero-order chi connectivity index (χ0) is 19.8. The van der Waals surface area contributed by atoms with Crippen LogP contribution in [0.1, 0.15) is 33.7 Å². The number of hydrogen-bond donors (Lipinski definition) is 2. The molecule has 1 amide bonds. The Hall–Kier alpha value is -2.60. The number of rotatable bonds is 4. The van der Waals surface area contributed by atoms with Gasteiger partial charge in [-0.1, -0.05) is 30.3 Å². The molecular weight excluding hydrogens is 344 g/mol. The van der Waals surface area contributed by atoms with E-state index in [1.54, 1.807) is 4.90 Å². The Labute approximate surface area is 159 Å². The average Bonchev–Trinajstić information content (AvgIpc) is 2.91. The van der Waals surface area contributed by atoms with E-state index in [1.807, 2.05) is 61.9 Å². The van der Waals surface area contributed by atoms with Gasteiger partial charge in [-0.3, -0.25) is 9.59 Å². The highest BCUT2D eigenvalue weighted by Gasteiger charge is 2.50. The molecule has 1 saturated heterocycles. The van der Waals surface area contributed by atoms with Crippen molar-refractivity contribution in [2.45, 2.75) is 32.8 Å². The van der Waals surface area contributed by atoms with Crippen LogP contribution in [-0.2, 0) is 18.3 Å². The first-order valence-corrected chi connectivity index (χ1v) is 9.14. The first-order chi connectivity index (χ1) is 12.8. The maximum Gasteiger partial charge on any atom is 0.314 e. The zero-order valence-corrected chi connectivity index (χ0v) is 16.0. The van der Waals surface area contributed by atoms with Gasteiger partial charge in [0.1, 0.15) is 5.41 Å². The fraction of sp³-hybridized carbons (Fsp3) is 0.429. The van der Waals surface area contributed by atoms with E-state index in [0.717, 1.165) is 17.0 Å². The van der Waals surface area contributed by atoms with Crippen molar-refractivity contribution in [3.05, 3.63) is 58.9 Å². The van der Waals surface area contributed by atoms with E-state index in [1.165, 1.54) is 0 Å². The van der Waals surface area contributed by atoms with Crippen LogP contribution in [0.5, 0.6) is 0 Å². The van der Waals surface area contributed by atoms with Crippen molar-refractivity contribution >= 4 is 11.9 Å². The fourth-order valence-electron chi connectivity index (χ4n) is 3.91. The Kier molecular flexibility index (Phi) is 5.11. The van der Waals surface area contributed by atoms with Crippen molar-refractivity contribution in [3.63, 3.8) is 0 Å². The van der Waals surface area contributed by atoms with E-state index in [0.29, 0.717) is 12.1 Å². The molecule has 0 aliphatic carbocycles. The summed E-state index contributed by atoms with van der Waals surface area (Å²) < 4.78 is 1.94. The van der Waals surface area contributed by atoms with Crippen LogP contribution >= 0.6 is 0 Å². The topological polar surface area (TPSA) is 82.8 Å². The number of aromatic nitrogens is 1. The molecule has 0 radical (unpaired) electrons. The lowest BCUT2D eigenvalue weighted by atomic mass is 9.72.